The smallest absolute Gasteiger partial charge is 0.122 e. The third-order valence-electron chi connectivity index (χ3n) is 2.42. The molecule has 0 aliphatic rings. The zero-order valence-corrected chi connectivity index (χ0v) is 11.8. The van der Waals surface area contributed by atoms with Gasteiger partial charge in [0.05, 0.1) is 0 Å². The normalized spacial score (nSPS) is 10.3. The zero-order valence-electron chi connectivity index (χ0n) is 9.41. The van der Waals surface area contributed by atoms with E-state index in [2.05, 4.69) is 15.9 Å². The van der Waals surface area contributed by atoms with Crippen LogP contribution >= 0.6 is 27.5 Å². The summed E-state index contributed by atoms with van der Waals surface area (Å²) in [6.45, 7) is 2.55. The molecule has 0 atom stereocenters. The third-order valence-corrected chi connectivity index (χ3v) is 3.15. The van der Waals surface area contributed by atoms with Crippen LogP contribution < -0.4 is 4.74 Å². The van der Waals surface area contributed by atoms with E-state index in [0.29, 0.717) is 6.61 Å². The van der Waals surface area contributed by atoms with Gasteiger partial charge in [0.1, 0.15) is 12.4 Å². The summed E-state index contributed by atoms with van der Waals surface area (Å²) in [4.78, 5) is 0. The lowest BCUT2D eigenvalue weighted by Crippen LogP contribution is -1.96. The van der Waals surface area contributed by atoms with Gasteiger partial charge in [-0.15, -0.1) is 0 Å². The first-order valence-corrected chi connectivity index (χ1v) is 6.45. The van der Waals surface area contributed by atoms with Gasteiger partial charge in [-0.2, -0.15) is 0 Å². The highest BCUT2D eigenvalue weighted by Crippen LogP contribution is 2.23. The summed E-state index contributed by atoms with van der Waals surface area (Å²) in [6.07, 6.45) is 0. The van der Waals surface area contributed by atoms with Gasteiger partial charge in [-0.3, -0.25) is 0 Å². The number of benzene rings is 2. The minimum absolute atomic E-state index is 0.557. The third kappa shape index (κ3) is 3.48. The first-order chi connectivity index (χ1) is 8.15. The highest BCUT2D eigenvalue weighted by molar-refractivity contribution is 9.10. The summed E-state index contributed by atoms with van der Waals surface area (Å²) < 4.78 is 6.81. The number of aryl methyl sites for hydroxylation is 1. The molecule has 1 nitrogen and oxygen atoms in total. The summed E-state index contributed by atoms with van der Waals surface area (Å²) in [5, 5.41) is 0.734. The van der Waals surface area contributed by atoms with Crippen molar-refractivity contribution in [3.63, 3.8) is 0 Å². The molecule has 88 valence electrons. The molecule has 2 aromatic carbocycles. The molecule has 0 aromatic heterocycles. The molecule has 2 rings (SSSR count). The Morgan fingerprint density at radius 3 is 2.71 bits per heavy atom. The molecule has 0 saturated heterocycles. The van der Waals surface area contributed by atoms with Crippen LogP contribution in [-0.2, 0) is 6.61 Å². The number of halogens is 2. The van der Waals surface area contributed by atoms with Gasteiger partial charge < -0.3 is 4.74 Å². The van der Waals surface area contributed by atoms with Crippen molar-refractivity contribution in [3.8, 4) is 5.75 Å². The van der Waals surface area contributed by atoms with Crippen LogP contribution in [0.4, 0.5) is 0 Å². The Kier molecular flexibility index (Phi) is 4.08. The molecule has 17 heavy (non-hydrogen) atoms. The molecule has 0 aliphatic carbocycles. The summed E-state index contributed by atoms with van der Waals surface area (Å²) in [6, 6.07) is 13.7. The fraction of sp³-hybridized carbons (Fsp3) is 0.143. The monoisotopic (exact) mass is 310 g/mol. The largest absolute Gasteiger partial charge is 0.489 e. The molecule has 0 spiro atoms. The Bertz CT molecular complexity index is 525. The highest BCUT2D eigenvalue weighted by atomic mass is 79.9. The minimum atomic E-state index is 0.557. The molecule has 0 bridgehead atoms. The van der Waals surface area contributed by atoms with E-state index in [-0.39, 0.29) is 0 Å². The average Bonchev–Trinajstić information content (AvgIpc) is 2.28. The second kappa shape index (κ2) is 5.56. The van der Waals surface area contributed by atoms with Crippen molar-refractivity contribution < 1.29 is 4.74 Å². The summed E-state index contributed by atoms with van der Waals surface area (Å²) in [5.74, 6) is 0.870. The lowest BCUT2D eigenvalue weighted by atomic mass is 10.2. The average molecular weight is 312 g/mol. The lowest BCUT2D eigenvalue weighted by molar-refractivity contribution is 0.304. The van der Waals surface area contributed by atoms with Gasteiger partial charge in [0.15, 0.2) is 0 Å². The SMILES string of the molecule is Cc1cc(Cl)ccc1OCc1cccc(Br)c1. The van der Waals surface area contributed by atoms with Crippen molar-refractivity contribution in [2.45, 2.75) is 13.5 Å². The molecule has 0 saturated carbocycles. The second-order valence-electron chi connectivity index (χ2n) is 3.83. The van der Waals surface area contributed by atoms with Gasteiger partial charge in [-0.25, -0.2) is 0 Å². The van der Waals surface area contributed by atoms with Crippen LogP contribution in [0, 0.1) is 6.92 Å². The quantitative estimate of drug-likeness (QED) is 0.776. The Morgan fingerprint density at radius 1 is 1.18 bits per heavy atom. The molecule has 2 aromatic rings. The van der Waals surface area contributed by atoms with E-state index in [1.807, 2.05) is 49.4 Å². The fourth-order valence-electron chi connectivity index (χ4n) is 1.56. The van der Waals surface area contributed by atoms with E-state index in [9.17, 15) is 0 Å². The topological polar surface area (TPSA) is 9.23 Å². The van der Waals surface area contributed by atoms with Crippen LogP contribution in [0.1, 0.15) is 11.1 Å². The van der Waals surface area contributed by atoms with Gasteiger partial charge in [0, 0.05) is 9.50 Å². The predicted molar refractivity (Wildman–Crippen MR) is 74.7 cm³/mol. The van der Waals surface area contributed by atoms with Gasteiger partial charge in [0.2, 0.25) is 0 Å². The molecule has 0 radical (unpaired) electrons. The second-order valence-corrected chi connectivity index (χ2v) is 5.18. The van der Waals surface area contributed by atoms with Crippen LogP contribution in [0.15, 0.2) is 46.9 Å². The Labute approximate surface area is 115 Å². The Balaban J connectivity index is 2.07. The number of ether oxygens (including phenoxy) is 1. The van der Waals surface area contributed by atoms with E-state index >= 15 is 0 Å². The molecule has 0 unspecified atom stereocenters. The number of rotatable bonds is 3. The first kappa shape index (κ1) is 12.5. The number of hydrogen-bond donors (Lipinski definition) is 0. The van der Waals surface area contributed by atoms with Gasteiger partial charge >= 0.3 is 0 Å². The van der Waals surface area contributed by atoms with Crippen molar-refractivity contribution in [2.24, 2.45) is 0 Å². The molecular weight excluding hydrogens is 300 g/mol. The van der Waals surface area contributed by atoms with Crippen molar-refractivity contribution in [1.82, 2.24) is 0 Å². The van der Waals surface area contributed by atoms with Crippen molar-refractivity contribution in [1.29, 1.82) is 0 Å². The van der Waals surface area contributed by atoms with E-state index < -0.39 is 0 Å². The minimum Gasteiger partial charge on any atom is -0.489 e. The standard InChI is InChI=1S/C14H12BrClO/c1-10-7-13(16)5-6-14(10)17-9-11-3-2-4-12(15)8-11/h2-8H,9H2,1H3. The molecule has 3 heteroatoms. The number of hydrogen-bond acceptors (Lipinski definition) is 1. The molecular formula is C14H12BrClO. The molecule has 0 amide bonds. The van der Waals surface area contributed by atoms with Crippen molar-refractivity contribution >= 4 is 27.5 Å². The lowest BCUT2D eigenvalue weighted by Gasteiger charge is -2.09. The summed E-state index contributed by atoms with van der Waals surface area (Å²) >= 11 is 9.33. The van der Waals surface area contributed by atoms with Gasteiger partial charge in [-0.05, 0) is 48.4 Å². The molecule has 0 fully saturated rings. The maximum Gasteiger partial charge on any atom is 0.122 e. The van der Waals surface area contributed by atoms with Gasteiger partial charge in [-0.1, -0.05) is 39.7 Å². The molecule has 0 N–H and O–H groups in total. The van der Waals surface area contributed by atoms with Crippen LogP contribution in [-0.4, -0.2) is 0 Å². The molecule has 0 aliphatic heterocycles. The van der Waals surface area contributed by atoms with Crippen LogP contribution in [0.2, 0.25) is 5.02 Å². The predicted octanol–water partition coefficient (Wildman–Crippen LogP) is 4.99. The summed E-state index contributed by atoms with van der Waals surface area (Å²) in [7, 11) is 0. The Hall–Kier alpha value is -0.990. The highest BCUT2D eigenvalue weighted by Gasteiger charge is 2.01. The Morgan fingerprint density at radius 2 is 2.00 bits per heavy atom. The van der Waals surface area contributed by atoms with Crippen molar-refractivity contribution in [2.75, 3.05) is 0 Å². The van der Waals surface area contributed by atoms with Gasteiger partial charge in [0.25, 0.3) is 0 Å². The zero-order chi connectivity index (χ0) is 12.3. The maximum absolute atomic E-state index is 5.89. The van der Waals surface area contributed by atoms with Crippen LogP contribution in [0.25, 0.3) is 0 Å². The van der Waals surface area contributed by atoms with E-state index in [1.54, 1.807) is 0 Å². The first-order valence-electron chi connectivity index (χ1n) is 5.28. The molecule has 0 heterocycles. The van der Waals surface area contributed by atoms with E-state index in [1.165, 1.54) is 0 Å². The van der Waals surface area contributed by atoms with Crippen LogP contribution in [0.3, 0.4) is 0 Å². The van der Waals surface area contributed by atoms with E-state index in [0.717, 1.165) is 26.4 Å². The van der Waals surface area contributed by atoms with Crippen molar-refractivity contribution in [3.05, 3.63) is 63.1 Å². The fourth-order valence-corrected chi connectivity index (χ4v) is 2.24. The summed E-state index contributed by atoms with van der Waals surface area (Å²) in [5.41, 5.74) is 2.18. The van der Waals surface area contributed by atoms with E-state index in [4.69, 9.17) is 16.3 Å². The van der Waals surface area contributed by atoms with Crippen LogP contribution in [0.5, 0.6) is 5.75 Å². The maximum atomic E-state index is 5.89.